The number of hydrogen-bond acceptors (Lipinski definition) is 2. The summed E-state index contributed by atoms with van der Waals surface area (Å²) in [6.45, 7) is 2.28. The second-order valence-corrected chi connectivity index (χ2v) is 12.9. The molecule has 0 aliphatic heterocycles. The van der Waals surface area contributed by atoms with Crippen LogP contribution in [0.1, 0.15) is 23.7 Å². The molecule has 6 aromatic carbocycles. The quantitative estimate of drug-likeness (QED) is 0.198. The third-order valence-corrected chi connectivity index (χ3v) is 10.1. The number of para-hydroxylation sites is 4. The summed E-state index contributed by atoms with van der Waals surface area (Å²) in [5.41, 5.74) is 12.3. The van der Waals surface area contributed by atoms with Gasteiger partial charge in [0, 0.05) is 38.4 Å². The molecule has 0 bridgehead atoms. The lowest BCUT2D eigenvalue weighted by molar-refractivity contribution is 0.673. The van der Waals surface area contributed by atoms with Gasteiger partial charge in [-0.15, -0.1) is 0 Å². The van der Waals surface area contributed by atoms with Crippen molar-refractivity contribution in [2.24, 2.45) is 5.92 Å². The van der Waals surface area contributed by atoms with Crippen molar-refractivity contribution < 1.29 is 4.42 Å². The van der Waals surface area contributed by atoms with Gasteiger partial charge in [0.05, 0.1) is 38.9 Å². The molecule has 10 rings (SSSR count). The van der Waals surface area contributed by atoms with E-state index < -0.39 is 0 Å². The summed E-state index contributed by atoms with van der Waals surface area (Å²) in [4.78, 5) is 0. The molecule has 0 amide bonds. The molecule has 48 heavy (non-hydrogen) atoms. The van der Waals surface area contributed by atoms with Gasteiger partial charge in [0.2, 0.25) is 0 Å². The monoisotopic (exact) mass is 615 g/mol. The third kappa shape index (κ3) is 3.70. The maximum atomic E-state index is 10.7. The van der Waals surface area contributed by atoms with Crippen molar-refractivity contribution in [3.05, 3.63) is 150 Å². The van der Waals surface area contributed by atoms with Crippen LogP contribution in [0, 0.1) is 17.2 Å². The first-order valence-corrected chi connectivity index (χ1v) is 16.5. The van der Waals surface area contributed by atoms with E-state index >= 15 is 0 Å². The average molecular weight is 616 g/mol. The lowest BCUT2D eigenvalue weighted by atomic mass is 9.94. The lowest BCUT2D eigenvalue weighted by Crippen LogP contribution is -2.09. The van der Waals surface area contributed by atoms with E-state index in [9.17, 15) is 5.26 Å². The minimum atomic E-state index is 0.462. The summed E-state index contributed by atoms with van der Waals surface area (Å²) in [6.07, 6.45) is 5.58. The van der Waals surface area contributed by atoms with Crippen LogP contribution >= 0.6 is 0 Å². The molecule has 3 heterocycles. The fourth-order valence-corrected chi connectivity index (χ4v) is 8.01. The second-order valence-electron chi connectivity index (χ2n) is 12.9. The Kier molecular flexibility index (Phi) is 5.65. The van der Waals surface area contributed by atoms with Crippen LogP contribution in [0.4, 0.5) is 0 Å². The van der Waals surface area contributed by atoms with Gasteiger partial charge in [-0.1, -0.05) is 97.9 Å². The van der Waals surface area contributed by atoms with Crippen LogP contribution in [-0.2, 0) is 6.42 Å². The van der Waals surface area contributed by atoms with E-state index in [1.54, 1.807) is 0 Å². The first-order valence-electron chi connectivity index (χ1n) is 16.5. The molecule has 0 fully saturated rings. The molecular weight excluding hydrogens is 587 g/mol. The minimum Gasteiger partial charge on any atom is -0.455 e. The van der Waals surface area contributed by atoms with Crippen LogP contribution in [0.2, 0.25) is 0 Å². The zero-order valence-electron chi connectivity index (χ0n) is 26.3. The Morgan fingerprint density at radius 1 is 0.667 bits per heavy atom. The number of allylic oxidation sites excluding steroid dienone is 1. The smallest absolute Gasteiger partial charge is 0.145 e. The van der Waals surface area contributed by atoms with E-state index in [-0.39, 0.29) is 0 Å². The standard InChI is InChI=1S/C44H29N3O/c1-27-18-20-32-31-11-3-7-15-38(31)47(41(32)24-27)37-14-6-2-10-30(37)28-19-22-36(29(25-28)26-45)46-39-16-8-4-13-35(39)43-40(46)23-21-34-33-12-5-9-17-42(33)48-44(34)43/h2-23,25,27H,24H2,1H3. The summed E-state index contributed by atoms with van der Waals surface area (Å²) in [5.74, 6) is 0.462. The van der Waals surface area contributed by atoms with Crippen LogP contribution in [0.5, 0.6) is 0 Å². The fraction of sp³-hybridized carbons (Fsp3) is 0.0682. The van der Waals surface area contributed by atoms with E-state index in [1.807, 2.05) is 12.1 Å². The number of nitriles is 1. The number of fused-ring (bicyclic) bond motifs is 10. The third-order valence-electron chi connectivity index (χ3n) is 10.1. The Hall–Kier alpha value is -6.31. The molecular formula is C44H29N3O. The number of hydrogen-bond donors (Lipinski definition) is 0. The van der Waals surface area contributed by atoms with E-state index in [4.69, 9.17) is 4.42 Å². The van der Waals surface area contributed by atoms with Crippen LogP contribution in [0.25, 0.3) is 83.2 Å². The first-order chi connectivity index (χ1) is 23.7. The molecule has 3 aromatic heterocycles. The number of rotatable bonds is 3. The SMILES string of the molecule is CC1C=Cc2c(n(-c3ccccc3-c3ccc(-n4c5ccccc5c5c6oc7ccccc7c6ccc54)c(C#N)c3)c3ccccc23)C1. The Bertz CT molecular complexity index is 2850. The van der Waals surface area contributed by atoms with E-state index in [0.717, 1.165) is 72.7 Å². The minimum absolute atomic E-state index is 0.462. The van der Waals surface area contributed by atoms with Crippen LogP contribution in [0.3, 0.4) is 0 Å². The van der Waals surface area contributed by atoms with Crippen molar-refractivity contribution >= 4 is 60.7 Å². The molecule has 9 aromatic rings. The first kappa shape index (κ1) is 26.9. The van der Waals surface area contributed by atoms with Gasteiger partial charge in [-0.05, 0) is 66.4 Å². The molecule has 0 radical (unpaired) electrons. The number of furan rings is 1. The fourth-order valence-electron chi connectivity index (χ4n) is 8.01. The average Bonchev–Trinajstić information content (AvgIpc) is 3.78. The van der Waals surface area contributed by atoms with Gasteiger partial charge in [-0.2, -0.15) is 5.26 Å². The maximum Gasteiger partial charge on any atom is 0.145 e. The molecule has 0 spiro atoms. The Morgan fingerprint density at radius 2 is 1.40 bits per heavy atom. The van der Waals surface area contributed by atoms with Crippen LogP contribution in [-0.4, -0.2) is 9.13 Å². The second kappa shape index (κ2) is 10.1. The predicted octanol–water partition coefficient (Wildman–Crippen LogP) is 11.4. The van der Waals surface area contributed by atoms with Gasteiger partial charge < -0.3 is 13.6 Å². The zero-order chi connectivity index (χ0) is 31.9. The lowest BCUT2D eigenvalue weighted by Gasteiger charge is -2.20. The highest BCUT2D eigenvalue weighted by molar-refractivity contribution is 6.23. The van der Waals surface area contributed by atoms with Crippen molar-refractivity contribution in [3.63, 3.8) is 0 Å². The van der Waals surface area contributed by atoms with Crippen LogP contribution < -0.4 is 0 Å². The number of nitrogens with zero attached hydrogens (tertiary/aromatic N) is 3. The summed E-state index contributed by atoms with van der Waals surface area (Å²) in [5, 5.41) is 16.3. The van der Waals surface area contributed by atoms with Crippen molar-refractivity contribution in [1.82, 2.24) is 9.13 Å². The molecule has 226 valence electrons. The van der Waals surface area contributed by atoms with Crippen molar-refractivity contribution in [2.75, 3.05) is 0 Å². The number of benzene rings is 6. The normalized spacial score (nSPS) is 14.4. The molecule has 0 saturated carbocycles. The van der Waals surface area contributed by atoms with Gasteiger partial charge >= 0.3 is 0 Å². The highest BCUT2D eigenvalue weighted by atomic mass is 16.3. The van der Waals surface area contributed by atoms with Gasteiger partial charge in [0.25, 0.3) is 0 Å². The zero-order valence-corrected chi connectivity index (χ0v) is 26.3. The molecule has 4 nitrogen and oxygen atoms in total. The highest BCUT2D eigenvalue weighted by Gasteiger charge is 2.24. The Balaban J connectivity index is 1.20. The largest absolute Gasteiger partial charge is 0.455 e. The molecule has 0 saturated heterocycles. The predicted molar refractivity (Wildman–Crippen MR) is 197 cm³/mol. The Labute approximate surface area is 277 Å². The summed E-state index contributed by atoms with van der Waals surface area (Å²) < 4.78 is 11.2. The molecule has 1 aliphatic rings. The topological polar surface area (TPSA) is 46.8 Å². The maximum absolute atomic E-state index is 10.7. The van der Waals surface area contributed by atoms with Crippen molar-refractivity contribution in [1.29, 1.82) is 5.26 Å². The highest BCUT2D eigenvalue weighted by Crippen LogP contribution is 2.42. The molecule has 1 atom stereocenters. The molecule has 0 N–H and O–H groups in total. The summed E-state index contributed by atoms with van der Waals surface area (Å²) in [7, 11) is 0. The van der Waals surface area contributed by atoms with Gasteiger partial charge in [0.1, 0.15) is 17.2 Å². The van der Waals surface area contributed by atoms with Crippen LogP contribution in [0.15, 0.2) is 138 Å². The van der Waals surface area contributed by atoms with Gasteiger partial charge in [0.15, 0.2) is 0 Å². The van der Waals surface area contributed by atoms with Crippen molar-refractivity contribution in [3.8, 4) is 28.6 Å². The van der Waals surface area contributed by atoms with E-state index in [2.05, 4.69) is 150 Å². The molecule has 4 heteroatoms. The summed E-state index contributed by atoms with van der Waals surface area (Å²) in [6, 6.07) is 47.0. The summed E-state index contributed by atoms with van der Waals surface area (Å²) >= 11 is 0. The Morgan fingerprint density at radius 3 is 2.25 bits per heavy atom. The van der Waals surface area contributed by atoms with E-state index in [0.29, 0.717) is 11.5 Å². The van der Waals surface area contributed by atoms with Crippen molar-refractivity contribution in [2.45, 2.75) is 13.3 Å². The van der Waals surface area contributed by atoms with E-state index in [1.165, 1.54) is 22.2 Å². The molecule has 1 aliphatic carbocycles. The van der Waals surface area contributed by atoms with Gasteiger partial charge in [-0.3, -0.25) is 0 Å². The number of aromatic nitrogens is 2. The van der Waals surface area contributed by atoms with Gasteiger partial charge in [-0.25, -0.2) is 0 Å². The molecule has 1 unspecified atom stereocenters.